The summed E-state index contributed by atoms with van der Waals surface area (Å²) in [5, 5.41) is 0. The highest BCUT2D eigenvalue weighted by molar-refractivity contribution is 6.14. The van der Waals surface area contributed by atoms with Gasteiger partial charge in [0.2, 0.25) is 0 Å². The molecule has 3 heteroatoms. The van der Waals surface area contributed by atoms with Crippen molar-refractivity contribution in [1.82, 2.24) is 0 Å². The zero-order chi connectivity index (χ0) is 13.9. The summed E-state index contributed by atoms with van der Waals surface area (Å²) in [6.07, 6.45) is 1.01. The molecule has 0 spiro atoms. The van der Waals surface area contributed by atoms with Crippen molar-refractivity contribution in [2.75, 3.05) is 20.8 Å². The number of rotatable bonds is 3. The molecule has 20 heavy (non-hydrogen) atoms. The van der Waals surface area contributed by atoms with Gasteiger partial charge in [0, 0.05) is 17.7 Å². The molecule has 102 valence electrons. The number of nitrogens with zero attached hydrogens (tertiary/aromatic N) is 1. The molecule has 0 radical (unpaired) electrons. The van der Waals surface area contributed by atoms with Gasteiger partial charge >= 0.3 is 0 Å². The first kappa shape index (κ1) is 12.7. The zero-order valence-corrected chi connectivity index (χ0v) is 11.7. The van der Waals surface area contributed by atoms with Crippen molar-refractivity contribution < 1.29 is 9.47 Å². The Bertz CT molecular complexity index is 662. The van der Waals surface area contributed by atoms with Crippen molar-refractivity contribution in [1.29, 1.82) is 0 Å². The summed E-state index contributed by atoms with van der Waals surface area (Å²) in [5.41, 5.74) is 4.67. The predicted octanol–water partition coefficient (Wildman–Crippen LogP) is 3.10. The summed E-state index contributed by atoms with van der Waals surface area (Å²) >= 11 is 0. The van der Waals surface area contributed by atoms with E-state index in [4.69, 9.17) is 14.5 Å². The van der Waals surface area contributed by atoms with E-state index in [2.05, 4.69) is 24.3 Å². The maximum atomic E-state index is 5.38. The van der Waals surface area contributed by atoms with E-state index in [0.717, 1.165) is 35.7 Å². The van der Waals surface area contributed by atoms with Crippen LogP contribution in [0.4, 0.5) is 0 Å². The maximum Gasteiger partial charge on any atom is 0.161 e. The normalized spacial score (nSPS) is 13.4. The Morgan fingerprint density at radius 1 is 0.950 bits per heavy atom. The Balaban J connectivity index is 2.07. The molecule has 0 bridgehead atoms. The number of benzene rings is 2. The molecule has 1 heterocycles. The highest BCUT2D eigenvalue weighted by Crippen LogP contribution is 2.30. The van der Waals surface area contributed by atoms with E-state index in [1.807, 2.05) is 18.2 Å². The average molecular weight is 267 g/mol. The Labute approximate surface area is 118 Å². The third kappa shape index (κ3) is 2.16. The minimum absolute atomic E-state index is 0.732. The second-order valence-corrected chi connectivity index (χ2v) is 4.71. The Morgan fingerprint density at radius 3 is 2.55 bits per heavy atom. The highest BCUT2D eigenvalue weighted by atomic mass is 16.5. The lowest BCUT2D eigenvalue weighted by Gasteiger charge is -2.18. The van der Waals surface area contributed by atoms with E-state index in [1.165, 1.54) is 11.1 Å². The molecule has 0 saturated carbocycles. The van der Waals surface area contributed by atoms with Crippen LogP contribution in [0.25, 0.3) is 0 Å². The summed E-state index contributed by atoms with van der Waals surface area (Å²) in [6.45, 7) is 0.834. The SMILES string of the molecule is COc1ccc(C2=NCCc3ccccc32)cc1OC. The van der Waals surface area contributed by atoms with Gasteiger partial charge in [-0.25, -0.2) is 0 Å². The molecule has 2 aromatic carbocycles. The minimum atomic E-state index is 0.732. The van der Waals surface area contributed by atoms with Crippen LogP contribution in [0.2, 0.25) is 0 Å². The van der Waals surface area contributed by atoms with Gasteiger partial charge in [-0.1, -0.05) is 24.3 Å². The van der Waals surface area contributed by atoms with Gasteiger partial charge in [0.25, 0.3) is 0 Å². The number of hydrogen-bond donors (Lipinski definition) is 0. The van der Waals surface area contributed by atoms with Crippen LogP contribution in [-0.2, 0) is 6.42 Å². The quantitative estimate of drug-likeness (QED) is 0.855. The van der Waals surface area contributed by atoms with E-state index >= 15 is 0 Å². The molecule has 0 fully saturated rings. The third-order valence-corrected chi connectivity index (χ3v) is 3.58. The molecule has 3 rings (SSSR count). The van der Waals surface area contributed by atoms with Gasteiger partial charge in [0.05, 0.1) is 19.9 Å². The molecule has 0 aliphatic carbocycles. The number of hydrogen-bond acceptors (Lipinski definition) is 3. The van der Waals surface area contributed by atoms with Gasteiger partial charge in [0.1, 0.15) is 0 Å². The van der Waals surface area contributed by atoms with Crippen LogP contribution in [0.3, 0.4) is 0 Å². The monoisotopic (exact) mass is 267 g/mol. The number of ether oxygens (including phenoxy) is 2. The van der Waals surface area contributed by atoms with Crippen molar-refractivity contribution in [3.8, 4) is 11.5 Å². The second kappa shape index (κ2) is 5.37. The molecular weight excluding hydrogens is 250 g/mol. The van der Waals surface area contributed by atoms with Gasteiger partial charge in [-0.05, 0) is 30.2 Å². The maximum absolute atomic E-state index is 5.38. The van der Waals surface area contributed by atoms with Crippen LogP contribution in [0, 0.1) is 0 Å². The Hall–Kier alpha value is -2.29. The molecule has 0 atom stereocenters. The van der Waals surface area contributed by atoms with E-state index in [9.17, 15) is 0 Å². The first-order valence-electron chi connectivity index (χ1n) is 6.68. The van der Waals surface area contributed by atoms with Gasteiger partial charge in [-0.15, -0.1) is 0 Å². The van der Waals surface area contributed by atoms with Gasteiger partial charge in [-0.2, -0.15) is 0 Å². The topological polar surface area (TPSA) is 30.8 Å². The summed E-state index contributed by atoms with van der Waals surface area (Å²) in [6, 6.07) is 14.4. The fraction of sp³-hybridized carbons (Fsp3) is 0.235. The summed E-state index contributed by atoms with van der Waals surface area (Å²) in [4.78, 5) is 4.69. The molecule has 0 saturated heterocycles. The molecule has 1 aliphatic heterocycles. The van der Waals surface area contributed by atoms with Crippen LogP contribution in [0.1, 0.15) is 16.7 Å². The van der Waals surface area contributed by atoms with Gasteiger partial charge in [-0.3, -0.25) is 4.99 Å². The number of aliphatic imine (C=N–C) groups is 1. The number of fused-ring (bicyclic) bond motifs is 1. The first-order valence-corrected chi connectivity index (χ1v) is 6.68. The molecule has 0 aromatic heterocycles. The van der Waals surface area contributed by atoms with E-state index in [1.54, 1.807) is 14.2 Å². The Kier molecular flexibility index (Phi) is 3.42. The fourth-order valence-electron chi connectivity index (χ4n) is 2.57. The molecule has 0 N–H and O–H groups in total. The minimum Gasteiger partial charge on any atom is -0.493 e. The largest absolute Gasteiger partial charge is 0.493 e. The van der Waals surface area contributed by atoms with Crippen molar-refractivity contribution in [2.45, 2.75) is 6.42 Å². The second-order valence-electron chi connectivity index (χ2n) is 4.71. The molecule has 3 nitrogen and oxygen atoms in total. The van der Waals surface area contributed by atoms with Gasteiger partial charge < -0.3 is 9.47 Å². The highest BCUT2D eigenvalue weighted by Gasteiger charge is 2.16. The van der Waals surface area contributed by atoms with Crippen LogP contribution in [-0.4, -0.2) is 26.5 Å². The van der Waals surface area contributed by atoms with E-state index < -0.39 is 0 Å². The third-order valence-electron chi connectivity index (χ3n) is 3.58. The molecular formula is C17H17NO2. The van der Waals surface area contributed by atoms with E-state index in [0.29, 0.717) is 0 Å². The molecule has 2 aromatic rings. The van der Waals surface area contributed by atoms with E-state index in [-0.39, 0.29) is 0 Å². The first-order chi connectivity index (χ1) is 9.83. The van der Waals surface area contributed by atoms with Crippen molar-refractivity contribution in [2.24, 2.45) is 4.99 Å². The van der Waals surface area contributed by atoms with Crippen LogP contribution < -0.4 is 9.47 Å². The fourth-order valence-corrected chi connectivity index (χ4v) is 2.57. The average Bonchev–Trinajstić information content (AvgIpc) is 2.53. The van der Waals surface area contributed by atoms with Crippen LogP contribution >= 0.6 is 0 Å². The van der Waals surface area contributed by atoms with Gasteiger partial charge in [0.15, 0.2) is 11.5 Å². The van der Waals surface area contributed by atoms with Crippen molar-refractivity contribution in [3.05, 3.63) is 59.2 Å². The lowest BCUT2D eigenvalue weighted by atomic mass is 9.93. The summed E-state index contributed by atoms with van der Waals surface area (Å²) in [7, 11) is 3.29. The van der Waals surface area contributed by atoms with Crippen LogP contribution in [0.5, 0.6) is 11.5 Å². The Morgan fingerprint density at radius 2 is 1.75 bits per heavy atom. The lowest BCUT2D eigenvalue weighted by molar-refractivity contribution is 0.355. The summed E-state index contributed by atoms with van der Waals surface area (Å²) in [5.74, 6) is 1.47. The molecule has 0 amide bonds. The lowest BCUT2D eigenvalue weighted by Crippen LogP contribution is -2.14. The predicted molar refractivity (Wildman–Crippen MR) is 80.2 cm³/mol. The smallest absolute Gasteiger partial charge is 0.161 e. The zero-order valence-electron chi connectivity index (χ0n) is 11.7. The molecule has 0 unspecified atom stereocenters. The number of methoxy groups -OCH3 is 2. The summed E-state index contributed by atoms with van der Waals surface area (Å²) < 4.78 is 10.7. The standard InChI is InChI=1S/C17H17NO2/c1-19-15-8-7-13(11-16(15)20-2)17-14-6-4-3-5-12(14)9-10-18-17/h3-8,11H,9-10H2,1-2H3. The van der Waals surface area contributed by atoms with Crippen molar-refractivity contribution in [3.63, 3.8) is 0 Å². The van der Waals surface area contributed by atoms with Crippen LogP contribution in [0.15, 0.2) is 47.5 Å². The molecule has 1 aliphatic rings. The van der Waals surface area contributed by atoms with Crippen molar-refractivity contribution >= 4 is 5.71 Å².